The first-order valence-corrected chi connectivity index (χ1v) is 48.2. The molecule has 0 amide bonds. The van der Waals surface area contributed by atoms with Crippen molar-refractivity contribution in [1.29, 1.82) is 0 Å². The molecule has 9 aromatic heterocycles. The van der Waals surface area contributed by atoms with Crippen LogP contribution < -0.4 is 11.0 Å². The Balaban J connectivity index is 0.000000142. The number of thiophene rings is 4. The van der Waals surface area contributed by atoms with Crippen molar-refractivity contribution >= 4 is 217 Å². The molecule has 37 heteroatoms. The summed E-state index contributed by atoms with van der Waals surface area (Å²) in [6.45, 7) is 7.61. The third-order valence-corrected chi connectivity index (χ3v) is 32.8. The van der Waals surface area contributed by atoms with E-state index < -0.39 is 91.1 Å². The number of aromatic nitrogens is 5. The molecule has 630 valence electrons. The number of Topliss-reactive ketones (excluding diaryl/α,β-unsaturated/α-hetero) is 7. The van der Waals surface area contributed by atoms with Gasteiger partial charge in [0.1, 0.15) is 56.8 Å². The number of rotatable bonds is 24. The van der Waals surface area contributed by atoms with Crippen LogP contribution in [0.15, 0.2) is 232 Å². The number of hydrogen-bond donors (Lipinski definition) is 2. The molecule has 0 radical (unpaired) electrons. The Labute approximate surface area is 744 Å². The highest BCUT2D eigenvalue weighted by Crippen LogP contribution is 2.36. The Hall–Kier alpha value is -11.3. The van der Waals surface area contributed by atoms with Gasteiger partial charge in [0.25, 0.3) is 11.5 Å². The van der Waals surface area contributed by atoms with Crippen molar-refractivity contribution in [2.75, 3.05) is 23.0 Å². The number of carbonyl (C=O) groups excluding carboxylic acids is 7. The molecule has 4 aromatic carbocycles. The van der Waals surface area contributed by atoms with E-state index in [1.807, 2.05) is 64.1 Å². The molecule has 0 bridgehead atoms. The zero-order valence-corrected chi connectivity index (χ0v) is 74.7. The van der Waals surface area contributed by atoms with E-state index in [4.69, 9.17) is 46.4 Å². The van der Waals surface area contributed by atoms with Gasteiger partial charge in [0.2, 0.25) is 11.3 Å². The molecule has 13 aromatic rings. The molecule has 2 aliphatic heterocycles. The van der Waals surface area contributed by atoms with E-state index in [1.54, 1.807) is 78.9 Å². The fourth-order valence-electron chi connectivity index (χ4n) is 13.0. The number of aromatic amines is 1. The quantitative estimate of drug-likeness (QED) is 0.0419. The molecule has 11 heterocycles. The number of halogens is 4. The monoisotopic (exact) mass is 1890 g/mol. The SMILES string of the molecule is Cc1ccc2c(=O)c(-c3ccc(CC(=O)CS(=O)(=O)c4ccc(Cl)s4)cn3)cc(=O)[nH]c2c1.Cc1ccc2c(c1)C=C(c1ccc(CC(=O)CS(=O)(=O)c3ccc(Cl)s3)cn1)C2=O.Cc1ccc2c(c1)N=C(c1ccc(CC(=O)CS(=O)(=O)c3ccc(Cl)s3)cn1)C2=O.Cc1ccc2c(c1)[N+](O)=C(c1ccc(CC(=O)CS(=O)(=O)c3ccc(Cl)s3)cn1)C2=O. The number of hydrogen-bond acceptors (Lipinski definition) is 27. The lowest BCUT2D eigenvalue weighted by molar-refractivity contribution is -0.710. The van der Waals surface area contributed by atoms with E-state index >= 15 is 0 Å². The van der Waals surface area contributed by atoms with E-state index in [1.165, 1.54) is 91.5 Å². The second-order valence-electron chi connectivity index (χ2n) is 28.6. The second-order valence-corrected chi connectivity index (χ2v) is 44.3. The molecule has 3 aliphatic rings. The van der Waals surface area contributed by atoms with Crippen molar-refractivity contribution in [3.8, 4) is 11.3 Å². The van der Waals surface area contributed by atoms with Crippen LogP contribution in [-0.2, 0) is 84.2 Å². The van der Waals surface area contributed by atoms with E-state index in [0.29, 0.717) is 95.5 Å². The number of fused-ring (bicyclic) bond motifs is 4. The highest BCUT2D eigenvalue weighted by atomic mass is 35.5. The standard InChI is InChI=1S/C23H17ClN2O5S2.C22H16ClNO4S2.C21H16ClN2O5S2.C21H15ClN2O4S2/c1-13-2-4-16-19(8-13)26-21(28)10-17(23(16)29)18-5-3-14(11-25-18)9-15(27)12-33(30,31)22-7-6-20(24)32-22;1-13-2-4-17-15(8-13)10-18(22(17)26)19-5-3-14(11-24-19)9-16(25)12-30(27,28)21-7-6-20(23)29-21;1-12-2-4-15-17(8-12)24(27)20(21(15)26)16-5-3-13(10-23-16)9-14(25)11-31(28,29)19-7-6-18(22)30-19;1-12-2-4-15-17(8-12)24-20(21(15)26)16-5-3-13(10-23-16)9-14(25)11-30(27,28)19-7-6-18(22)29-19/h2-8,10-11H,9,12H2,1H3,(H,26,28);2-8,10-11H,9,12H2,1H3;2-8,10,27H,9,11H2,1H3;2-8,10H,9,11H2,1H3/q;;+1;. The van der Waals surface area contributed by atoms with Gasteiger partial charge in [0, 0.05) is 89.4 Å². The number of ketones is 7. The molecule has 124 heavy (non-hydrogen) atoms. The topological polar surface area (TPSA) is 393 Å². The van der Waals surface area contributed by atoms with Crippen LogP contribution in [0.1, 0.15) is 98.2 Å². The molecule has 16 rings (SSSR count). The van der Waals surface area contributed by atoms with Gasteiger partial charge in [0.05, 0.1) is 51.2 Å². The average Bonchev–Trinajstić information content (AvgIpc) is 1.59. The Morgan fingerprint density at radius 1 is 0.395 bits per heavy atom. The maximum atomic E-state index is 13.0. The third-order valence-electron chi connectivity index (χ3n) is 18.9. The first kappa shape index (κ1) is 90.4. The average molecular weight is 1890 g/mol. The first-order chi connectivity index (χ1) is 58.7. The molecule has 0 atom stereocenters. The van der Waals surface area contributed by atoms with Crippen LogP contribution in [0.2, 0.25) is 17.3 Å². The lowest BCUT2D eigenvalue weighted by atomic mass is 10.0. The lowest BCUT2D eigenvalue weighted by Crippen LogP contribution is -2.20. The number of nitrogens with one attached hydrogen (secondary N) is 1. The molecule has 2 N–H and O–H groups in total. The smallest absolute Gasteiger partial charge is 0.322 e. The van der Waals surface area contributed by atoms with Gasteiger partial charge in [-0.3, -0.25) is 63.3 Å². The van der Waals surface area contributed by atoms with Crippen molar-refractivity contribution in [2.45, 2.75) is 70.2 Å². The van der Waals surface area contributed by atoms with Crippen LogP contribution in [0.3, 0.4) is 0 Å². The Kier molecular flexibility index (Phi) is 27.4. The molecule has 25 nitrogen and oxygen atoms in total. The zero-order valence-electron chi connectivity index (χ0n) is 65.1. The van der Waals surface area contributed by atoms with Gasteiger partial charge in [-0.05, 0) is 181 Å². The van der Waals surface area contributed by atoms with Crippen molar-refractivity contribution in [2.24, 2.45) is 4.99 Å². The van der Waals surface area contributed by atoms with Crippen LogP contribution in [0.25, 0.3) is 33.8 Å². The number of benzene rings is 4. The lowest BCUT2D eigenvalue weighted by Gasteiger charge is -2.04. The van der Waals surface area contributed by atoms with Crippen LogP contribution in [0.5, 0.6) is 0 Å². The minimum absolute atomic E-state index is 0.0237. The Morgan fingerprint density at radius 3 is 1.21 bits per heavy atom. The molecule has 1 aliphatic carbocycles. The summed E-state index contributed by atoms with van der Waals surface area (Å²) in [6, 6.07) is 46.9. The van der Waals surface area contributed by atoms with Gasteiger partial charge in [-0.25, -0.2) is 43.6 Å². The summed E-state index contributed by atoms with van der Waals surface area (Å²) < 4.78 is 101. The van der Waals surface area contributed by atoms with Gasteiger partial charge in [-0.15, -0.1) is 45.3 Å². The molecule has 0 spiro atoms. The summed E-state index contributed by atoms with van der Waals surface area (Å²) in [6.07, 6.45) is 7.17. The molecule has 0 saturated heterocycles. The molecule has 0 saturated carbocycles. The van der Waals surface area contributed by atoms with Crippen molar-refractivity contribution < 1.29 is 77.2 Å². The van der Waals surface area contributed by atoms with Crippen LogP contribution >= 0.6 is 91.8 Å². The minimum atomic E-state index is -3.77. The highest BCUT2D eigenvalue weighted by Gasteiger charge is 2.42. The Morgan fingerprint density at radius 2 is 0.782 bits per heavy atom. The molecule has 0 fully saturated rings. The number of pyridine rings is 4. The number of allylic oxidation sites excluding steroid dienone is 1. The van der Waals surface area contributed by atoms with Crippen molar-refractivity contribution in [3.63, 3.8) is 0 Å². The third kappa shape index (κ3) is 21.5. The summed E-state index contributed by atoms with van der Waals surface area (Å²) in [5, 5.41) is 10.8. The fraction of sp³-hybridized carbons (Fsp3) is 0.138. The van der Waals surface area contributed by atoms with Gasteiger partial charge < -0.3 is 4.98 Å². The number of sulfone groups is 4. The number of aryl methyl sites for hydroxylation is 4. The summed E-state index contributed by atoms with van der Waals surface area (Å²) in [5.74, 6) is -4.99. The van der Waals surface area contributed by atoms with Crippen molar-refractivity contribution in [3.05, 3.63) is 322 Å². The molecular weight excluding hydrogens is 1830 g/mol. The van der Waals surface area contributed by atoms with E-state index in [9.17, 15) is 82.0 Å². The normalized spacial score (nSPS) is 12.9. The molecular formula is C87H64Cl4N7O18S8+. The summed E-state index contributed by atoms with van der Waals surface area (Å²) in [5.41, 5.74) is 11.5. The predicted molar refractivity (Wildman–Crippen MR) is 478 cm³/mol. The summed E-state index contributed by atoms with van der Waals surface area (Å²) in [4.78, 5) is 136. The largest absolute Gasteiger partial charge is 0.331 e. The summed E-state index contributed by atoms with van der Waals surface area (Å²) in [7, 11) is -15.0. The second kappa shape index (κ2) is 37.6. The van der Waals surface area contributed by atoms with Crippen LogP contribution in [0.4, 0.5) is 11.4 Å². The molecule has 0 unspecified atom stereocenters. The number of nitrogens with zero attached hydrogens (tertiary/aromatic N) is 6. The number of H-pyrrole nitrogens is 1. The van der Waals surface area contributed by atoms with Crippen LogP contribution in [-0.4, -0.2) is 143 Å². The van der Waals surface area contributed by atoms with Gasteiger partial charge in [0.15, 0.2) is 73.7 Å². The van der Waals surface area contributed by atoms with E-state index in [-0.39, 0.29) is 93.7 Å². The summed E-state index contributed by atoms with van der Waals surface area (Å²) >= 11 is 26.8. The highest BCUT2D eigenvalue weighted by molar-refractivity contribution is 7.95. The van der Waals surface area contributed by atoms with Gasteiger partial charge >= 0.3 is 5.71 Å². The minimum Gasteiger partial charge on any atom is -0.322 e. The van der Waals surface area contributed by atoms with Crippen LogP contribution in [0, 0.1) is 27.7 Å². The first-order valence-electron chi connectivity index (χ1n) is 36.8. The van der Waals surface area contributed by atoms with Gasteiger partial charge in [-0.2, -0.15) is 0 Å². The van der Waals surface area contributed by atoms with E-state index in [0.717, 1.165) is 77.9 Å². The maximum Gasteiger partial charge on any atom is 0.331 e. The maximum absolute atomic E-state index is 13.0. The fourth-order valence-corrected chi connectivity index (χ4v) is 24.3. The predicted octanol–water partition coefficient (Wildman–Crippen LogP) is 15.4. The zero-order chi connectivity index (χ0) is 89.0. The van der Waals surface area contributed by atoms with Gasteiger partial charge in [-0.1, -0.05) is 113 Å². The number of aliphatic imine (C=N–C) groups is 1. The number of carbonyl (C=O) groups is 7. The Bertz CT molecular complexity index is 7100. The van der Waals surface area contributed by atoms with E-state index in [2.05, 4.69) is 29.9 Å². The van der Waals surface area contributed by atoms with Crippen molar-refractivity contribution in [1.82, 2.24) is 24.9 Å².